The Balaban J connectivity index is 2.37. The van der Waals surface area contributed by atoms with Gasteiger partial charge in [-0.25, -0.2) is 0 Å². The van der Waals surface area contributed by atoms with Gasteiger partial charge < -0.3 is 0 Å². The second-order valence-electron chi connectivity index (χ2n) is 3.87. The van der Waals surface area contributed by atoms with Crippen LogP contribution in [-0.4, -0.2) is 9.97 Å². The Kier molecular flexibility index (Phi) is 3.30. The summed E-state index contributed by atoms with van der Waals surface area (Å²) < 4.78 is 0. The van der Waals surface area contributed by atoms with Crippen LogP contribution >= 0.6 is 0 Å². The second kappa shape index (κ2) is 4.88. The van der Waals surface area contributed by atoms with Crippen LogP contribution in [0.25, 0.3) is 0 Å². The summed E-state index contributed by atoms with van der Waals surface area (Å²) in [5.41, 5.74) is 3.55. The third-order valence-electron chi connectivity index (χ3n) is 2.86. The molecule has 2 aromatic heterocycles. The number of hydrogen-bond acceptors (Lipinski definition) is 2. The first-order chi connectivity index (χ1) is 7.83. The van der Waals surface area contributed by atoms with Crippen molar-refractivity contribution in [3.8, 4) is 0 Å². The highest BCUT2D eigenvalue weighted by Crippen LogP contribution is 2.24. The van der Waals surface area contributed by atoms with Crippen molar-refractivity contribution in [2.75, 3.05) is 0 Å². The number of pyridine rings is 2. The SMILES string of the molecule is CCc1ncccc1[C@@H](C)c1ccccn1. The topological polar surface area (TPSA) is 25.8 Å². The van der Waals surface area contributed by atoms with Gasteiger partial charge in [-0.05, 0) is 30.2 Å². The molecule has 0 amide bonds. The highest BCUT2D eigenvalue weighted by atomic mass is 14.7. The van der Waals surface area contributed by atoms with Gasteiger partial charge in [-0.3, -0.25) is 9.97 Å². The van der Waals surface area contributed by atoms with Crippen LogP contribution in [0.2, 0.25) is 0 Å². The van der Waals surface area contributed by atoms with Gasteiger partial charge in [0.05, 0.1) is 0 Å². The lowest BCUT2D eigenvalue weighted by Gasteiger charge is -2.14. The third kappa shape index (κ3) is 2.11. The molecule has 0 saturated carbocycles. The van der Waals surface area contributed by atoms with E-state index in [0.717, 1.165) is 12.1 Å². The van der Waals surface area contributed by atoms with Gasteiger partial charge in [-0.15, -0.1) is 0 Å². The zero-order valence-electron chi connectivity index (χ0n) is 9.72. The lowest BCUT2D eigenvalue weighted by Crippen LogP contribution is -2.03. The summed E-state index contributed by atoms with van der Waals surface area (Å²) in [6.07, 6.45) is 4.66. The molecule has 0 spiro atoms. The van der Waals surface area contributed by atoms with Crippen LogP contribution in [0.5, 0.6) is 0 Å². The van der Waals surface area contributed by atoms with Gasteiger partial charge in [0.15, 0.2) is 0 Å². The van der Waals surface area contributed by atoms with Gasteiger partial charge in [0.25, 0.3) is 0 Å². The molecule has 0 N–H and O–H groups in total. The summed E-state index contributed by atoms with van der Waals surface area (Å²) in [5.74, 6) is 0.310. The van der Waals surface area contributed by atoms with E-state index in [0.29, 0.717) is 5.92 Å². The summed E-state index contributed by atoms with van der Waals surface area (Å²) in [4.78, 5) is 8.82. The highest BCUT2D eigenvalue weighted by molar-refractivity contribution is 5.30. The summed E-state index contributed by atoms with van der Waals surface area (Å²) in [5, 5.41) is 0. The Labute approximate surface area is 96.4 Å². The molecule has 0 unspecified atom stereocenters. The smallest absolute Gasteiger partial charge is 0.0476 e. The standard InChI is InChI=1S/C14H16N2/c1-3-13-12(7-6-10-15-13)11(2)14-8-4-5-9-16-14/h4-11H,3H2,1-2H3/t11-/m1/s1. The monoisotopic (exact) mass is 212 g/mol. The maximum Gasteiger partial charge on any atom is 0.0476 e. The van der Waals surface area contributed by atoms with Crippen molar-refractivity contribution in [3.63, 3.8) is 0 Å². The van der Waals surface area contributed by atoms with Crippen molar-refractivity contribution in [1.29, 1.82) is 0 Å². The van der Waals surface area contributed by atoms with Crippen molar-refractivity contribution >= 4 is 0 Å². The Morgan fingerprint density at radius 1 is 1.06 bits per heavy atom. The van der Waals surface area contributed by atoms with Crippen LogP contribution < -0.4 is 0 Å². The number of aryl methyl sites for hydroxylation is 1. The predicted molar refractivity (Wildman–Crippen MR) is 65.4 cm³/mol. The summed E-state index contributed by atoms with van der Waals surface area (Å²) >= 11 is 0. The molecule has 82 valence electrons. The molecule has 2 aromatic rings. The van der Waals surface area contributed by atoms with Crippen LogP contribution in [-0.2, 0) is 6.42 Å². The van der Waals surface area contributed by atoms with E-state index >= 15 is 0 Å². The Hall–Kier alpha value is -1.70. The van der Waals surface area contributed by atoms with Gasteiger partial charge >= 0.3 is 0 Å². The van der Waals surface area contributed by atoms with Crippen LogP contribution in [0.3, 0.4) is 0 Å². The van der Waals surface area contributed by atoms with Gasteiger partial charge in [0.1, 0.15) is 0 Å². The van der Waals surface area contributed by atoms with E-state index < -0.39 is 0 Å². The van der Waals surface area contributed by atoms with E-state index in [-0.39, 0.29) is 0 Å². The van der Waals surface area contributed by atoms with E-state index in [1.807, 2.05) is 30.6 Å². The minimum atomic E-state index is 0.310. The Morgan fingerprint density at radius 2 is 1.88 bits per heavy atom. The van der Waals surface area contributed by atoms with Gasteiger partial charge in [0, 0.05) is 29.7 Å². The normalized spacial score (nSPS) is 12.4. The second-order valence-corrected chi connectivity index (χ2v) is 3.87. The van der Waals surface area contributed by atoms with E-state index in [4.69, 9.17) is 0 Å². The fraction of sp³-hybridized carbons (Fsp3) is 0.286. The highest BCUT2D eigenvalue weighted by Gasteiger charge is 2.12. The molecule has 2 heterocycles. The first-order valence-corrected chi connectivity index (χ1v) is 5.67. The van der Waals surface area contributed by atoms with Crippen molar-refractivity contribution in [3.05, 3.63) is 59.7 Å². The average Bonchev–Trinajstić information content (AvgIpc) is 2.39. The number of nitrogens with zero attached hydrogens (tertiary/aromatic N) is 2. The molecule has 2 nitrogen and oxygen atoms in total. The zero-order chi connectivity index (χ0) is 11.4. The van der Waals surface area contributed by atoms with Crippen LogP contribution in [0, 0.1) is 0 Å². The summed E-state index contributed by atoms with van der Waals surface area (Å²) in [7, 11) is 0. The van der Waals surface area contributed by atoms with Crippen LogP contribution in [0.1, 0.15) is 36.7 Å². The maximum absolute atomic E-state index is 4.42. The average molecular weight is 212 g/mol. The van der Waals surface area contributed by atoms with E-state index in [1.165, 1.54) is 11.3 Å². The lowest BCUT2D eigenvalue weighted by atomic mass is 9.95. The minimum absolute atomic E-state index is 0.310. The quantitative estimate of drug-likeness (QED) is 0.780. The predicted octanol–water partition coefficient (Wildman–Crippen LogP) is 3.19. The number of rotatable bonds is 3. The van der Waals surface area contributed by atoms with Crippen LogP contribution in [0.4, 0.5) is 0 Å². The molecule has 0 bridgehead atoms. The minimum Gasteiger partial charge on any atom is -0.261 e. The van der Waals surface area contributed by atoms with Crippen molar-refractivity contribution in [1.82, 2.24) is 9.97 Å². The molecule has 0 aliphatic carbocycles. The molecule has 0 radical (unpaired) electrons. The molecular weight excluding hydrogens is 196 g/mol. The lowest BCUT2D eigenvalue weighted by molar-refractivity contribution is 0.832. The van der Waals surface area contributed by atoms with E-state index in [2.05, 4.69) is 35.9 Å². The molecular formula is C14H16N2. The zero-order valence-corrected chi connectivity index (χ0v) is 9.72. The van der Waals surface area contributed by atoms with E-state index in [9.17, 15) is 0 Å². The molecule has 0 aromatic carbocycles. The molecule has 0 saturated heterocycles. The van der Waals surface area contributed by atoms with Crippen LogP contribution in [0.15, 0.2) is 42.7 Å². The maximum atomic E-state index is 4.42. The van der Waals surface area contributed by atoms with E-state index in [1.54, 1.807) is 0 Å². The van der Waals surface area contributed by atoms with Crippen molar-refractivity contribution in [2.24, 2.45) is 0 Å². The molecule has 0 aliphatic rings. The first-order valence-electron chi connectivity index (χ1n) is 5.67. The molecule has 16 heavy (non-hydrogen) atoms. The first kappa shape index (κ1) is 10.8. The third-order valence-corrected chi connectivity index (χ3v) is 2.86. The van der Waals surface area contributed by atoms with Crippen molar-refractivity contribution in [2.45, 2.75) is 26.2 Å². The van der Waals surface area contributed by atoms with Gasteiger partial charge in [0.2, 0.25) is 0 Å². The Morgan fingerprint density at radius 3 is 2.56 bits per heavy atom. The molecule has 0 fully saturated rings. The molecule has 1 atom stereocenters. The van der Waals surface area contributed by atoms with Crippen molar-refractivity contribution < 1.29 is 0 Å². The van der Waals surface area contributed by atoms with Gasteiger partial charge in [-0.1, -0.05) is 26.0 Å². The summed E-state index contributed by atoms with van der Waals surface area (Å²) in [6, 6.07) is 10.2. The fourth-order valence-electron chi connectivity index (χ4n) is 1.93. The number of aromatic nitrogens is 2. The fourth-order valence-corrected chi connectivity index (χ4v) is 1.93. The molecule has 2 rings (SSSR count). The summed E-state index contributed by atoms with van der Waals surface area (Å²) in [6.45, 7) is 4.31. The number of hydrogen-bond donors (Lipinski definition) is 0. The Bertz CT molecular complexity index is 451. The van der Waals surface area contributed by atoms with Gasteiger partial charge in [-0.2, -0.15) is 0 Å². The largest absolute Gasteiger partial charge is 0.261 e. The molecule has 0 aliphatic heterocycles. The molecule has 2 heteroatoms.